The van der Waals surface area contributed by atoms with Gasteiger partial charge in [0.15, 0.2) is 0 Å². The number of hydrogen-bond donors (Lipinski definition) is 2. The molecule has 2 saturated heterocycles. The van der Waals surface area contributed by atoms with Crippen molar-refractivity contribution in [1.82, 2.24) is 20.4 Å². The lowest BCUT2D eigenvalue weighted by atomic mass is 9.81. The second kappa shape index (κ2) is 14.5. The lowest BCUT2D eigenvalue weighted by Gasteiger charge is -2.51. The molecule has 0 saturated carbocycles. The number of nitrogens with one attached hydrogen (secondary N) is 2. The van der Waals surface area contributed by atoms with Gasteiger partial charge >= 0.3 is 0 Å². The summed E-state index contributed by atoms with van der Waals surface area (Å²) in [7, 11) is 0. The van der Waals surface area contributed by atoms with Crippen LogP contribution in [0.25, 0.3) is 11.1 Å². The third kappa shape index (κ3) is 7.52. The topological polar surface area (TPSA) is 81.8 Å². The summed E-state index contributed by atoms with van der Waals surface area (Å²) in [5.74, 6) is -0.0442. The SMILES string of the molecule is CCCN1C(=O)[C@H](CCCNC(=O)Cc2ccc(-c3ccccc3)cc2)NC(=O)C12CCN(CCc1ccccc1)CC2. The first kappa shape index (κ1) is 30.5. The fourth-order valence-electron chi connectivity index (χ4n) is 6.42. The second-order valence-corrected chi connectivity index (χ2v) is 11.9. The molecule has 2 aliphatic heterocycles. The van der Waals surface area contributed by atoms with E-state index in [4.69, 9.17) is 0 Å². The van der Waals surface area contributed by atoms with E-state index in [1.54, 1.807) is 0 Å². The van der Waals surface area contributed by atoms with Crippen molar-refractivity contribution in [3.63, 3.8) is 0 Å². The molecule has 0 radical (unpaired) electrons. The highest BCUT2D eigenvalue weighted by molar-refractivity contribution is 6.00. The van der Waals surface area contributed by atoms with Gasteiger partial charge in [0.25, 0.3) is 0 Å². The highest BCUT2D eigenvalue weighted by Gasteiger charge is 2.53. The number of nitrogens with zero attached hydrogens (tertiary/aromatic N) is 2. The summed E-state index contributed by atoms with van der Waals surface area (Å²) in [6.45, 7) is 5.68. The maximum atomic E-state index is 13.6. The van der Waals surface area contributed by atoms with E-state index in [2.05, 4.69) is 58.9 Å². The van der Waals surface area contributed by atoms with Crippen molar-refractivity contribution in [1.29, 1.82) is 0 Å². The third-order valence-corrected chi connectivity index (χ3v) is 8.92. The lowest BCUT2D eigenvalue weighted by molar-refractivity contribution is -0.161. The van der Waals surface area contributed by atoms with Crippen molar-refractivity contribution in [3.05, 3.63) is 96.1 Å². The molecule has 5 rings (SSSR count). The molecule has 0 unspecified atom stereocenters. The highest BCUT2D eigenvalue weighted by Crippen LogP contribution is 2.34. The minimum atomic E-state index is -0.753. The van der Waals surface area contributed by atoms with E-state index in [-0.39, 0.29) is 17.7 Å². The summed E-state index contributed by atoms with van der Waals surface area (Å²) in [4.78, 5) is 44.1. The van der Waals surface area contributed by atoms with E-state index in [0.717, 1.165) is 49.2 Å². The molecule has 3 aromatic rings. The number of likely N-dealkylation sites (tertiary alicyclic amines) is 1. The first-order valence-electron chi connectivity index (χ1n) is 15.8. The van der Waals surface area contributed by atoms with Crippen LogP contribution in [-0.2, 0) is 27.2 Å². The number of piperidine rings is 1. The van der Waals surface area contributed by atoms with Crippen LogP contribution in [0.3, 0.4) is 0 Å². The number of hydrogen-bond acceptors (Lipinski definition) is 4. The number of benzene rings is 3. The Balaban J connectivity index is 1.07. The average molecular weight is 581 g/mol. The predicted octanol–water partition coefficient (Wildman–Crippen LogP) is 4.61. The van der Waals surface area contributed by atoms with Crippen molar-refractivity contribution in [2.75, 3.05) is 32.7 Å². The second-order valence-electron chi connectivity index (χ2n) is 11.9. The Morgan fingerprint density at radius 2 is 1.51 bits per heavy atom. The summed E-state index contributed by atoms with van der Waals surface area (Å²) in [6, 6.07) is 28.2. The Hall–Kier alpha value is -3.97. The number of amides is 3. The summed E-state index contributed by atoms with van der Waals surface area (Å²) in [6.07, 6.45) is 4.56. The Kier molecular flexibility index (Phi) is 10.3. The molecule has 226 valence electrons. The average Bonchev–Trinajstić information content (AvgIpc) is 3.04. The quantitative estimate of drug-likeness (QED) is 0.307. The van der Waals surface area contributed by atoms with Gasteiger partial charge in [-0.3, -0.25) is 14.4 Å². The van der Waals surface area contributed by atoms with Crippen molar-refractivity contribution in [3.8, 4) is 11.1 Å². The molecule has 1 spiro atoms. The van der Waals surface area contributed by atoms with E-state index in [1.807, 2.05) is 53.4 Å². The molecule has 3 amide bonds. The van der Waals surface area contributed by atoms with E-state index in [9.17, 15) is 14.4 Å². The molecule has 2 N–H and O–H groups in total. The van der Waals surface area contributed by atoms with Gasteiger partial charge in [-0.1, -0.05) is 91.9 Å². The summed E-state index contributed by atoms with van der Waals surface area (Å²) >= 11 is 0. The molecule has 2 fully saturated rings. The molecule has 2 aliphatic rings. The van der Waals surface area contributed by atoms with E-state index < -0.39 is 11.6 Å². The summed E-state index contributed by atoms with van der Waals surface area (Å²) in [5, 5.41) is 6.06. The smallest absolute Gasteiger partial charge is 0.246 e. The van der Waals surface area contributed by atoms with Crippen LogP contribution in [0.1, 0.15) is 50.2 Å². The van der Waals surface area contributed by atoms with Crippen molar-refractivity contribution in [2.45, 2.75) is 63.5 Å². The predicted molar refractivity (Wildman–Crippen MR) is 170 cm³/mol. The van der Waals surface area contributed by atoms with Crippen LogP contribution in [0.2, 0.25) is 0 Å². The van der Waals surface area contributed by atoms with Gasteiger partial charge in [-0.2, -0.15) is 0 Å². The maximum absolute atomic E-state index is 13.6. The first-order valence-corrected chi connectivity index (χ1v) is 15.8. The van der Waals surface area contributed by atoms with Crippen LogP contribution in [0.5, 0.6) is 0 Å². The van der Waals surface area contributed by atoms with Gasteiger partial charge in [0, 0.05) is 32.7 Å². The molecular formula is C36H44N4O3. The van der Waals surface area contributed by atoms with E-state index in [1.165, 1.54) is 5.56 Å². The minimum absolute atomic E-state index is 0.0174. The Bertz CT molecular complexity index is 1350. The van der Waals surface area contributed by atoms with Crippen molar-refractivity contribution >= 4 is 17.7 Å². The highest BCUT2D eigenvalue weighted by atomic mass is 16.2. The number of carbonyl (C=O) groups is 3. The molecule has 7 nitrogen and oxygen atoms in total. The van der Waals surface area contributed by atoms with Crippen molar-refractivity contribution < 1.29 is 14.4 Å². The fraction of sp³-hybridized carbons (Fsp3) is 0.417. The van der Waals surface area contributed by atoms with Gasteiger partial charge in [0.2, 0.25) is 17.7 Å². The number of carbonyl (C=O) groups excluding carboxylic acids is 3. The molecule has 0 aliphatic carbocycles. The first-order chi connectivity index (χ1) is 21.0. The standard InChI is InChI=1S/C36H44N4O3/c1-2-23-40-34(42)32(38-35(43)36(40)20-25-39(26-21-36)24-19-28-10-5-3-6-11-28)14-9-22-37-33(41)27-29-15-17-31(18-16-29)30-12-7-4-8-13-30/h3-8,10-13,15-18,32H,2,9,14,19-27H2,1H3,(H,37,41)(H,38,43)/t32-/m0/s1. The van der Waals surface area contributed by atoms with Gasteiger partial charge in [-0.25, -0.2) is 0 Å². The van der Waals surface area contributed by atoms with Crippen LogP contribution in [-0.4, -0.2) is 71.8 Å². The van der Waals surface area contributed by atoms with Gasteiger partial charge in [0.1, 0.15) is 11.6 Å². The zero-order valence-corrected chi connectivity index (χ0v) is 25.3. The monoisotopic (exact) mass is 580 g/mol. The Morgan fingerprint density at radius 1 is 0.860 bits per heavy atom. The fourth-order valence-corrected chi connectivity index (χ4v) is 6.42. The van der Waals surface area contributed by atoms with E-state index in [0.29, 0.717) is 45.2 Å². The molecule has 0 bridgehead atoms. The van der Waals surface area contributed by atoms with Crippen LogP contribution in [0.4, 0.5) is 0 Å². The third-order valence-electron chi connectivity index (χ3n) is 8.92. The zero-order chi connectivity index (χ0) is 30.1. The van der Waals surface area contributed by atoms with Gasteiger partial charge in [-0.05, 0) is 60.8 Å². The molecule has 0 aromatic heterocycles. The van der Waals surface area contributed by atoms with Crippen LogP contribution in [0.15, 0.2) is 84.9 Å². The molecule has 7 heteroatoms. The lowest BCUT2D eigenvalue weighted by Crippen LogP contribution is -2.72. The number of rotatable bonds is 12. The largest absolute Gasteiger partial charge is 0.356 e. The van der Waals surface area contributed by atoms with Crippen LogP contribution < -0.4 is 10.6 Å². The van der Waals surface area contributed by atoms with Gasteiger partial charge in [0.05, 0.1) is 6.42 Å². The molecule has 1 atom stereocenters. The minimum Gasteiger partial charge on any atom is -0.356 e. The van der Waals surface area contributed by atoms with Crippen molar-refractivity contribution in [2.24, 2.45) is 0 Å². The Labute approximate surface area is 255 Å². The molecular weight excluding hydrogens is 536 g/mol. The Morgan fingerprint density at radius 3 is 2.19 bits per heavy atom. The molecule has 3 aromatic carbocycles. The molecule has 43 heavy (non-hydrogen) atoms. The maximum Gasteiger partial charge on any atom is 0.246 e. The van der Waals surface area contributed by atoms with Gasteiger partial charge < -0.3 is 20.4 Å². The van der Waals surface area contributed by atoms with E-state index >= 15 is 0 Å². The summed E-state index contributed by atoms with van der Waals surface area (Å²) < 4.78 is 0. The van der Waals surface area contributed by atoms with Gasteiger partial charge in [-0.15, -0.1) is 0 Å². The normalized spacial score (nSPS) is 18.4. The summed E-state index contributed by atoms with van der Waals surface area (Å²) in [5.41, 5.74) is 3.79. The number of piperazine rings is 1. The van der Waals surface area contributed by atoms with Crippen LogP contribution >= 0.6 is 0 Å². The zero-order valence-electron chi connectivity index (χ0n) is 25.3. The van der Waals surface area contributed by atoms with Crippen LogP contribution in [0, 0.1) is 0 Å². The molecule has 2 heterocycles.